The summed E-state index contributed by atoms with van der Waals surface area (Å²) in [4.78, 5) is 24.9. The van der Waals surface area contributed by atoms with Crippen LogP contribution in [0.2, 0.25) is 0 Å². The van der Waals surface area contributed by atoms with Crippen molar-refractivity contribution in [3.05, 3.63) is 18.0 Å². The zero-order chi connectivity index (χ0) is 15.1. The van der Waals surface area contributed by atoms with Crippen LogP contribution in [0.3, 0.4) is 0 Å². The molecule has 1 aromatic rings. The van der Waals surface area contributed by atoms with Crippen LogP contribution in [0.15, 0.2) is 12.3 Å². The van der Waals surface area contributed by atoms with E-state index in [1.165, 1.54) is 6.42 Å². The van der Waals surface area contributed by atoms with Gasteiger partial charge in [-0.15, -0.1) is 0 Å². The van der Waals surface area contributed by atoms with Crippen molar-refractivity contribution in [2.24, 2.45) is 0 Å². The molecule has 1 aliphatic heterocycles. The molecule has 1 aromatic heterocycles. The second-order valence-corrected chi connectivity index (χ2v) is 5.70. The van der Waals surface area contributed by atoms with Gasteiger partial charge in [0.05, 0.1) is 0 Å². The third-order valence-electron chi connectivity index (χ3n) is 3.58. The van der Waals surface area contributed by atoms with Gasteiger partial charge in [0.15, 0.2) is 0 Å². The van der Waals surface area contributed by atoms with Crippen LogP contribution in [0, 0.1) is 0 Å². The number of rotatable bonds is 6. The van der Waals surface area contributed by atoms with E-state index in [4.69, 9.17) is 0 Å². The maximum Gasteiger partial charge on any atom is 0.272 e. The van der Waals surface area contributed by atoms with E-state index in [0.29, 0.717) is 11.6 Å². The summed E-state index contributed by atoms with van der Waals surface area (Å²) in [7, 11) is 4.10. The third-order valence-corrected chi connectivity index (χ3v) is 3.58. The SMILES string of the molecule is CN(C)CCCNc1nccc(C(=O)N2CCCCC2)n1. The molecule has 0 spiro atoms. The Morgan fingerprint density at radius 3 is 2.81 bits per heavy atom. The minimum atomic E-state index is 0.0217. The second kappa shape index (κ2) is 7.93. The number of amides is 1. The summed E-state index contributed by atoms with van der Waals surface area (Å²) in [6.07, 6.45) is 6.06. The lowest BCUT2D eigenvalue weighted by atomic mass is 10.1. The van der Waals surface area contributed by atoms with Crippen molar-refractivity contribution < 1.29 is 4.79 Å². The fourth-order valence-corrected chi connectivity index (χ4v) is 2.42. The summed E-state index contributed by atoms with van der Waals surface area (Å²) in [5, 5.41) is 3.18. The molecule has 1 N–H and O–H groups in total. The van der Waals surface area contributed by atoms with Crippen LogP contribution in [0.4, 0.5) is 5.95 Å². The van der Waals surface area contributed by atoms with Crippen LogP contribution in [0.5, 0.6) is 0 Å². The van der Waals surface area contributed by atoms with E-state index in [0.717, 1.165) is 45.4 Å². The lowest BCUT2D eigenvalue weighted by molar-refractivity contribution is 0.0718. The Morgan fingerprint density at radius 2 is 2.10 bits per heavy atom. The van der Waals surface area contributed by atoms with Gasteiger partial charge in [-0.3, -0.25) is 4.79 Å². The maximum absolute atomic E-state index is 12.4. The van der Waals surface area contributed by atoms with Gasteiger partial charge >= 0.3 is 0 Å². The van der Waals surface area contributed by atoms with Crippen LogP contribution in [0.25, 0.3) is 0 Å². The molecule has 1 aliphatic rings. The van der Waals surface area contributed by atoms with Gasteiger partial charge < -0.3 is 15.1 Å². The van der Waals surface area contributed by atoms with Crippen LogP contribution in [0.1, 0.15) is 36.2 Å². The number of aromatic nitrogens is 2. The van der Waals surface area contributed by atoms with Crippen molar-refractivity contribution in [1.82, 2.24) is 19.8 Å². The predicted octanol–water partition coefficient (Wildman–Crippen LogP) is 1.47. The molecule has 1 amide bonds. The number of nitrogens with zero attached hydrogens (tertiary/aromatic N) is 4. The molecule has 6 nitrogen and oxygen atoms in total. The largest absolute Gasteiger partial charge is 0.354 e. The quantitative estimate of drug-likeness (QED) is 0.804. The van der Waals surface area contributed by atoms with Crippen molar-refractivity contribution in [1.29, 1.82) is 0 Å². The zero-order valence-corrected chi connectivity index (χ0v) is 13.0. The minimum absolute atomic E-state index is 0.0217. The molecule has 0 radical (unpaired) electrons. The summed E-state index contributed by atoms with van der Waals surface area (Å²) < 4.78 is 0. The number of carbonyl (C=O) groups excluding carboxylic acids is 1. The smallest absolute Gasteiger partial charge is 0.272 e. The molecule has 116 valence electrons. The number of carbonyl (C=O) groups is 1. The van der Waals surface area contributed by atoms with E-state index in [2.05, 4.69) is 34.3 Å². The fraction of sp³-hybridized carbons (Fsp3) is 0.667. The number of piperidine rings is 1. The summed E-state index contributed by atoms with van der Waals surface area (Å²) in [6, 6.07) is 1.70. The standard InChI is InChI=1S/C15H25N5O/c1-19(2)10-6-8-16-15-17-9-7-13(18-15)14(21)20-11-4-3-5-12-20/h7,9H,3-6,8,10-12H2,1-2H3,(H,16,17,18). The molecule has 0 unspecified atom stereocenters. The molecule has 6 heteroatoms. The zero-order valence-electron chi connectivity index (χ0n) is 13.0. The Balaban J connectivity index is 1.89. The fourth-order valence-electron chi connectivity index (χ4n) is 2.42. The van der Waals surface area contributed by atoms with E-state index >= 15 is 0 Å². The highest BCUT2D eigenvalue weighted by Crippen LogP contribution is 2.12. The molecule has 0 saturated carbocycles. The van der Waals surface area contributed by atoms with Gasteiger partial charge in [0.25, 0.3) is 5.91 Å². The monoisotopic (exact) mass is 291 g/mol. The average molecular weight is 291 g/mol. The molecule has 21 heavy (non-hydrogen) atoms. The van der Waals surface area contributed by atoms with E-state index in [1.54, 1.807) is 12.3 Å². The van der Waals surface area contributed by atoms with Gasteiger partial charge in [-0.2, -0.15) is 0 Å². The first kappa shape index (κ1) is 15.7. The van der Waals surface area contributed by atoms with Crippen molar-refractivity contribution in [3.63, 3.8) is 0 Å². The number of anilines is 1. The van der Waals surface area contributed by atoms with E-state index in [1.807, 2.05) is 4.90 Å². The number of hydrogen-bond acceptors (Lipinski definition) is 5. The molecular weight excluding hydrogens is 266 g/mol. The lowest BCUT2D eigenvalue weighted by Gasteiger charge is -2.26. The Bertz CT molecular complexity index is 457. The molecule has 0 atom stereocenters. The van der Waals surface area contributed by atoms with Gasteiger partial charge in [0.2, 0.25) is 5.95 Å². The second-order valence-electron chi connectivity index (χ2n) is 5.70. The topological polar surface area (TPSA) is 61.4 Å². The minimum Gasteiger partial charge on any atom is -0.354 e. The summed E-state index contributed by atoms with van der Waals surface area (Å²) in [5.41, 5.74) is 0.488. The molecule has 2 heterocycles. The first-order valence-corrected chi connectivity index (χ1v) is 7.68. The van der Waals surface area contributed by atoms with Crippen LogP contribution in [-0.2, 0) is 0 Å². The molecule has 0 aliphatic carbocycles. The van der Waals surface area contributed by atoms with Crippen LogP contribution in [-0.4, -0.2) is 65.9 Å². The highest BCUT2D eigenvalue weighted by Gasteiger charge is 2.19. The number of likely N-dealkylation sites (tertiary alicyclic amines) is 1. The first-order valence-electron chi connectivity index (χ1n) is 7.68. The number of hydrogen-bond donors (Lipinski definition) is 1. The van der Waals surface area contributed by atoms with Crippen LogP contribution >= 0.6 is 0 Å². The lowest BCUT2D eigenvalue weighted by Crippen LogP contribution is -2.36. The van der Waals surface area contributed by atoms with E-state index in [9.17, 15) is 4.79 Å². The van der Waals surface area contributed by atoms with Crippen LogP contribution < -0.4 is 5.32 Å². The molecule has 1 fully saturated rings. The summed E-state index contributed by atoms with van der Waals surface area (Å²) in [5.74, 6) is 0.560. The van der Waals surface area contributed by atoms with Gasteiger partial charge in [-0.05, 0) is 52.4 Å². The summed E-state index contributed by atoms with van der Waals surface area (Å²) in [6.45, 7) is 3.50. The molecule has 1 saturated heterocycles. The van der Waals surface area contributed by atoms with Gasteiger partial charge in [-0.25, -0.2) is 9.97 Å². The van der Waals surface area contributed by atoms with Crippen molar-refractivity contribution in [3.8, 4) is 0 Å². The van der Waals surface area contributed by atoms with Crippen molar-refractivity contribution >= 4 is 11.9 Å². The average Bonchev–Trinajstić information content (AvgIpc) is 2.52. The normalized spacial score (nSPS) is 15.3. The highest BCUT2D eigenvalue weighted by atomic mass is 16.2. The van der Waals surface area contributed by atoms with Gasteiger partial charge in [0, 0.05) is 25.8 Å². The van der Waals surface area contributed by atoms with Crippen molar-refractivity contribution in [2.45, 2.75) is 25.7 Å². The predicted molar refractivity (Wildman–Crippen MR) is 83.4 cm³/mol. The molecule has 0 bridgehead atoms. The Labute approximate surface area is 126 Å². The van der Waals surface area contributed by atoms with E-state index in [-0.39, 0.29) is 5.91 Å². The Kier molecular flexibility index (Phi) is 5.92. The van der Waals surface area contributed by atoms with E-state index < -0.39 is 0 Å². The van der Waals surface area contributed by atoms with Gasteiger partial charge in [-0.1, -0.05) is 0 Å². The molecular formula is C15H25N5O. The Hall–Kier alpha value is -1.69. The number of nitrogens with one attached hydrogen (secondary N) is 1. The molecule has 2 rings (SSSR count). The maximum atomic E-state index is 12.4. The van der Waals surface area contributed by atoms with Gasteiger partial charge in [0.1, 0.15) is 5.69 Å². The molecule has 0 aromatic carbocycles. The third kappa shape index (κ3) is 4.97. The summed E-state index contributed by atoms with van der Waals surface area (Å²) >= 11 is 0. The highest BCUT2D eigenvalue weighted by molar-refractivity contribution is 5.92. The Morgan fingerprint density at radius 1 is 1.33 bits per heavy atom. The van der Waals surface area contributed by atoms with Crippen molar-refractivity contribution in [2.75, 3.05) is 45.6 Å². The first-order chi connectivity index (χ1) is 10.2.